The topological polar surface area (TPSA) is 118 Å². The number of unbranched alkanes of at least 4 members (excludes halogenated alkanes) is 1. The molecule has 160 valence electrons. The molecular weight excluding hydrogens is 376 g/mol. The summed E-state index contributed by atoms with van der Waals surface area (Å²) in [6, 6.07) is -0.642. The number of imide groups is 1. The number of rotatable bonds is 14. The highest BCUT2D eigenvalue weighted by Gasteiger charge is 2.23. The third kappa shape index (κ3) is 8.93. The molecule has 0 aromatic rings. The van der Waals surface area contributed by atoms with Gasteiger partial charge in [0.15, 0.2) is 5.78 Å². The van der Waals surface area contributed by atoms with Gasteiger partial charge in [0.1, 0.15) is 11.6 Å². The second-order valence-electron chi connectivity index (χ2n) is 7.48. The van der Waals surface area contributed by atoms with Crippen molar-refractivity contribution in [2.24, 2.45) is 5.92 Å². The zero-order valence-corrected chi connectivity index (χ0v) is 17.4. The van der Waals surface area contributed by atoms with E-state index in [9.17, 15) is 28.8 Å². The van der Waals surface area contributed by atoms with Crippen LogP contribution in [0, 0.1) is 5.92 Å². The molecule has 1 aliphatic heterocycles. The lowest BCUT2D eigenvalue weighted by Crippen LogP contribution is -2.39. The molecule has 0 spiro atoms. The van der Waals surface area contributed by atoms with E-state index < -0.39 is 6.04 Å². The highest BCUT2D eigenvalue weighted by Crippen LogP contribution is 2.09. The second kappa shape index (κ2) is 12.0. The lowest BCUT2D eigenvalue weighted by molar-refractivity contribution is -0.137. The van der Waals surface area contributed by atoms with E-state index in [2.05, 4.69) is 5.32 Å². The number of carbonyl (C=O) groups excluding carboxylic acids is 6. The number of Topliss-reactive ketones (excluding diaryl/α,β-unsaturated/α-hetero) is 3. The van der Waals surface area contributed by atoms with E-state index in [4.69, 9.17) is 0 Å². The van der Waals surface area contributed by atoms with E-state index in [0.29, 0.717) is 25.7 Å². The van der Waals surface area contributed by atoms with Crippen LogP contribution in [-0.2, 0) is 28.8 Å². The van der Waals surface area contributed by atoms with E-state index in [1.165, 1.54) is 19.1 Å². The molecular formula is C21H30N2O6. The number of hydrogen-bond donors (Lipinski definition) is 1. The Morgan fingerprint density at radius 2 is 1.48 bits per heavy atom. The normalized spacial score (nSPS) is 15.3. The van der Waals surface area contributed by atoms with Gasteiger partial charge < -0.3 is 5.32 Å². The van der Waals surface area contributed by atoms with Gasteiger partial charge in [-0.05, 0) is 33.1 Å². The van der Waals surface area contributed by atoms with Crippen LogP contribution in [-0.4, -0.2) is 52.6 Å². The van der Waals surface area contributed by atoms with E-state index in [0.717, 1.165) is 4.90 Å². The van der Waals surface area contributed by atoms with Crippen molar-refractivity contribution in [1.29, 1.82) is 0 Å². The summed E-state index contributed by atoms with van der Waals surface area (Å²) in [5.74, 6) is -1.52. The van der Waals surface area contributed by atoms with Gasteiger partial charge in [-0.3, -0.25) is 33.7 Å². The van der Waals surface area contributed by atoms with Crippen molar-refractivity contribution in [3.05, 3.63) is 12.2 Å². The Labute approximate surface area is 171 Å². The van der Waals surface area contributed by atoms with Gasteiger partial charge in [0, 0.05) is 50.3 Å². The smallest absolute Gasteiger partial charge is 0.253 e. The van der Waals surface area contributed by atoms with E-state index >= 15 is 0 Å². The number of nitrogens with one attached hydrogen (secondary N) is 1. The van der Waals surface area contributed by atoms with Crippen molar-refractivity contribution in [3.8, 4) is 0 Å². The van der Waals surface area contributed by atoms with Crippen LogP contribution in [0.1, 0.15) is 65.7 Å². The van der Waals surface area contributed by atoms with Gasteiger partial charge in [0.05, 0.1) is 6.04 Å². The molecule has 1 N–H and O–H groups in total. The van der Waals surface area contributed by atoms with Gasteiger partial charge in [-0.1, -0.05) is 6.92 Å². The fourth-order valence-electron chi connectivity index (χ4n) is 2.84. The SMILES string of the molecule is CC(=O)C(C)CC(=O)C(C)NC(=O)CCCCC(=O)CCCN1C(=O)C=CC1=O. The molecule has 29 heavy (non-hydrogen) atoms. The molecule has 0 fully saturated rings. The maximum Gasteiger partial charge on any atom is 0.253 e. The fraction of sp³-hybridized carbons (Fsp3) is 0.619. The number of carbonyl (C=O) groups is 6. The summed E-state index contributed by atoms with van der Waals surface area (Å²) in [5, 5.41) is 2.63. The lowest BCUT2D eigenvalue weighted by Gasteiger charge is -2.15. The summed E-state index contributed by atoms with van der Waals surface area (Å²) in [7, 11) is 0. The van der Waals surface area contributed by atoms with Gasteiger partial charge in [0.2, 0.25) is 5.91 Å². The predicted molar refractivity (Wildman–Crippen MR) is 106 cm³/mol. The molecule has 0 saturated heterocycles. The predicted octanol–water partition coefficient (Wildman–Crippen LogP) is 1.51. The Kier molecular flexibility index (Phi) is 10.1. The Hall–Kier alpha value is -2.64. The first-order valence-corrected chi connectivity index (χ1v) is 9.99. The molecule has 2 atom stereocenters. The maximum atomic E-state index is 12.0. The highest BCUT2D eigenvalue weighted by molar-refractivity contribution is 6.12. The molecule has 0 radical (unpaired) electrons. The average molecular weight is 406 g/mol. The Morgan fingerprint density at radius 1 is 0.931 bits per heavy atom. The van der Waals surface area contributed by atoms with Crippen molar-refractivity contribution in [2.45, 2.75) is 71.8 Å². The van der Waals surface area contributed by atoms with E-state index in [-0.39, 0.29) is 66.8 Å². The van der Waals surface area contributed by atoms with Crippen molar-refractivity contribution in [2.75, 3.05) is 6.54 Å². The first-order valence-electron chi connectivity index (χ1n) is 9.99. The molecule has 3 amide bonds. The Balaban J connectivity index is 2.13. The number of hydrogen-bond acceptors (Lipinski definition) is 6. The fourth-order valence-corrected chi connectivity index (χ4v) is 2.84. The zero-order valence-electron chi connectivity index (χ0n) is 17.4. The van der Waals surface area contributed by atoms with Crippen LogP contribution in [0.3, 0.4) is 0 Å². The average Bonchev–Trinajstić information content (AvgIpc) is 2.97. The number of ketones is 3. The summed E-state index contributed by atoms with van der Waals surface area (Å²) in [6.45, 7) is 4.95. The lowest BCUT2D eigenvalue weighted by atomic mass is 9.98. The summed E-state index contributed by atoms with van der Waals surface area (Å²) < 4.78 is 0. The quantitative estimate of drug-likeness (QED) is 0.345. The molecule has 0 bridgehead atoms. The van der Waals surface area contributed by atoms with Crippen LogP contribution in [0.4, 0.5) is 0 Å². The van der Waals surface area contributed by atoms with Crippen LogP contribution in [0.15, 0.2) is 12.2 Å². The molecule has 0 saturated carbocycles. The van der Waals surface area contributed by atoms with Crippen LogP contribution in [0.5, 0.6) is 0 Å². The minimum Gasteiger partial charge on any atom is -0.347 e. The summed E-state index contributed by atoms with van der Waals surface area (Å²) >= 11 is 0. The number of amides is 3. The van der Waals surface area contributed by atoms with Gasteiger partial charge in [-0.15, -0.1) is 0 Å². The molecule has 1 aliphatic rings. The Morgan fingerprint density at radius 3 is 2.07 bits per heavy atom. The minimum absolute atomic E-state index is 0.0271. The monoisotopic (exact) mass is 406 g/mol. The van der Waals surface area contributed by atoms with E-state index in [1.807, 2.05) is 0 Å². The third-order valence-electron chi connectivity index (χ3n) is 4.91. The van der Waals surface area contributed by atoms with Gasteiger partial charge in [0.25, 0.3) is 11.8 Å². The highest BCUT2D eigenvalue weighted by atomic mass is 16.2. The van der Waals surface area contributed by atoms with Gasteiger partial charge in [-0.2, -0.15) is 0 Å². The molecule has 2 unspecified atom stereocenters. The van der Waals surface area contributed by atoms with Gasteiger partial charge >= 0.3 is 0 Å². The first-order chi connectivity index (χ1) is 13.6. The molecule has 0 aliphatic carbocycles. The van der Waals surface area contributed by atoms with Crippen molar-refractivity contribution in [1.82, 2.24) is 10.2 Å². The van der Waals surface area contributed by atoms with Crippen LogP contribution < -0.4 is 5.32 Å². The second-order valence-corrected chi connectivity index (χ2v) is 7.48. The molecule has 0 aromatic carbocycles. The van der Waals surface area contributed by atoms with Crippen LogP contribution in [0.25, 0.3) is 0 Å². The van der Waals surface area contributed by atoms with Crippen molar-refractivity contribution < 1.29 is 28.8 Å². The first kappa shape index (κ1) is 24.4. The molecule has 1 heterocycles. The Bertz CT molecular complexity index is 679. The zero-order chi connectivity index (χ0) is 22.0. The van der Waals surface area contributed by atoms with Crippen molar-refractivity contribution >= 4 is 35.1 Å². The summed E-state index contributed by atoms with van der Waals surface area (Å²) in [4.78, 5) is 70.9. The largest absolute Gasteiger partial charge is 0.347 e. The van der Waals surface area contributed by atoms with Crippen molar-refractivity contribution in [3.63, 3.8) is 0 Å². The standard InChI is InChI=1S/C21H30N2O6/c1-14(16(3)24)13-18(26)15(2)22-19(27)9-5-4-7-17(25)8-6-12-23-20(28)10-11-21(23)29/h10-11,14-15H,4-9,12-13H2,1-3H3,(H,22,27). The maximum absolute atomic E-state index is 12.0. The van der Waals surface area contributed by atoms with Crippen LogP contribution in [0.2, 0.25) is 0 Å². The minimum atomic E-state index is -0.642. The number of nitrogens with zero attached hydrogens (tertiary/aromatic N) is 1. The van der Waals surface area contributed by atoms with Gasteiger partial charge in [-0.25, -0.2) is 0 Å². The van der Waals surface area contributed by atoms with E-state index in [1.54, 1.807) is 13.8 Å². The molecule has 8 heteroatoms. The molecule has 8 nitrogen and oxygen atoms in total. The summed E-state index contributed by atoms with van der Waals surface area (Å²) in [6.07, 6.45) is 4.87. The molecule has 0 aromatic heterocycles. The van der Waals surface area contributed by atoms with Crippen LogP contribution >= 0.6 is 0 Å². The molecule has 1 rings (SSSR count). The third-order valence-corrected chi connectivity index (χ3v) is 4.91. The summed E-state index contributed by atoms with van der Waals surface area (Å²) in [5.41, 5.74) is 0.